The predicted octanol–water partition coefficient (Wildman–Crippen LogP) is 1.43. The number of ketones is 5. The van der Waals surface area contributed by atoms with E-state index in [4.69, 9.17) is 0 Å². The Morgan fingerprint density at radius 3 is 2.47 bits per heavy atom. The molecule has 9 heteroatoms. The standard InChI is InChI=1S/C27H27NO8/c1-14(30)24-23(34)11-16(27(36,13-29)26(24)35)8-15-9-19-18(5-6-20(31)25(19)22(33)10-15)21(32)12-17-4-2-3-7-28-17/h2-7,15-16,24,29,31,36H,8-13H2,1H3/t15-,16+,24?,27-/m1/s1. The maximum absolute atomic E-state index is 13.1. The van der Waals surface area contributed by atoms with Crippen LogP contribution in [-0.4, -0.2) is 61.4 Å². The average Bonchev–Trinajstić information content (AvgIpc) is 2.82. The Labute approximate surface area is 207 Å². The van der Waals surface area contributed by atoms with Crippen LogP contribution in [-0.2, 0) is 27.2 Å². The number of benzene rings is 1. The van der Waals surface area contributed by atoms with E-state index in [0.717, 1.165) is 6.92 Å². The molecule has 2 aromatic rings. The van der Waals surface area contributed by atoms with Gasteiger partial charge in [-0.15, -0.1) is 0 Å². The van der Waals surface area contributed by atoms with Crippen LogP contribution in [0.15, 0.2) is 36.5 Å². The molecule has 1 fully saturated rings. The summed E-state index contributed by atoms with van der Waals surface area (Å²) in [5, 5.41) is 31.2. The number of aliphatic hydroxyl groups excluding tert-OH is 1. The van der Waals surface area contributed by atoms with Gasteiger partial charge in [0.25, 0.3) is 0 Å². The molecule has 0 radical (unpaired) electrons. The zero-order valence-electron chi connectivity index (χ0n) is 19.8. The smallest absolute Gasteiger partial charge is 0.184 e. The van der Waals surface area contributed by atoms with Gasteiger partial charge in [0.2, 0.25) is 0 Å². The monoisotopic (exact) mass is 493 g/mol. The van der Waals surface area contributed by atoms with Crippen LogP contribution in [0.25, 0.3) is 0 Å². The van der Waals surface area contributed by atoms with Crippen LogP contribution >= 0.6 is 0 Å². The maximum Gasteiger partial charge on any atom is 0.184 e. The third-order valence-electron chi connectivity index (χ3n) is 7.30. The molecule has 0 bridgehead atoms. The molecule has 188 valence electrons. The molecule has 0 aliphatic heterocycles. The minimum atomic E-state index is -2.29. The van der Waals surface area contributed by atoms with Gasteiger partial charge in [0.1, 0.15) is 23.1 Å². The first-order valence-electron chi connectivity index (χ1n) is 11.8. The van der Waals surface area contributed by atoms with E-state index >= 15 is 0 Å². The predicted molar refractivity (Wildman–Crippen MR) is 125 cm³/mol. The molecule has 1 saturated carbocycles. The first-order valence-corrected chi connectivity index (χ1v) is 11.8. The van der Waals surface area contributed by atoms with Gasteiger partial charge >= 0.3 is 0 Å². The number of phenols is 1. The molecule has 2 aliphatic carbocycles. The second kappa shape index (κ2) is 9.83. The summed E-state index contributed by atoms with van der Waals surface area (Å²) in [6.07, 6.45) is 1.47. The summed E-state index contributed by atoms with van der Waals surface area (Å²) in [4.78, 5) is 67.5. The molecule has 1 heterocycles. The number of hydrogen-bond donors (Lipinski definition) is 3. The number of carbonyl (C=O) groups is 5. The van der Waals surface area contributed by atoms with Crippen molar-refractivity contribution >= 4 is 28.9 Å². The van der Waals surface area contributed by atoms with Gasteiger partial charge in [-0.05, 0) is 55.5 Å². The molecule has 9 nitrogen and oxygen atoms in total. The van der Waals surface area contributed by atoms with E-state index < -0.39 is 53.1 Å². The first kappa shape index (κ1) is 25.5. The van der Waals surface area contributed by atoms with Crippen molar-refractivity contribution in [1.29, 1.82) is 0 Å². The van der Waals surface area contributed by atoms with E-state index in [2.05, 4.69) is 4.98 Å². The molecule has 2 aliphatic rings. The van der Waals surface area contributed by atoms with Gasteiger partial charge in [0.05, 0.1) is 18.6 Å². The summed E-state index contributed by atoms with van der Waals surface area (Å²) in [5.74, 6) is -6.32. The van der Waals surface area contributed by atoms with Crippen LogP contribution in [0, 0.1) is 17.8 Å². The Hall–Kier alpha value is -3.56. The Morgan fingerprint density at radius 2 is 1.83 bits per heavy atom. The van der Waals surface area contributed by atoms with Crippen LogP contribution in [0.1, 0.15) is 58.2 Å². The molecule has 1 unspecified atom stereocenters. The number of fused-ring (bicyclic) bond motifs is 1. The lowest BCUT2D eigenvalue weighted by molar-refractivity contribution is -0.167. The highest BCUT2D eigenvalue weighted by Gasteiger charge is 2.55. The molecule has 4 rings (SSSR count). The molecule has 3 N–H and O–H groups in total. The zero-order valence-corrected chi connectivity index (χ0v) is 19.8. The zero-order chi connectivity index (χ0) is 26.2. The number of Topliss-reactive ketones (excluding diaryl/α,β-unsaturated/α-hetero) is 5. The van der Waals surface area contributed by atoms with Crippen LogP contribution in [0.3, 0.4) is 0 Å². The van der Waals surface area contributed by atoms with Crippen molar-refractivity contribution in [3.8, 4) is 5.75 Å². The van der Waals surface area contributed by atoms with E-state index in [1.807, 2.05) is 0 Å². The molecule has 0 amide bonds. The number of aromatic nitrogens is 1. The molecular formula is C27H27NO8. The van der Waals surface area contributed by atoms with Gasteiger partial charge in [0, 0.05) is 36.2 Å². The number of aromatic hydroxyl groups is 1. The second-order valence-electron chi connectivity index (χ2n) is 9.70. The van der Waals surface area contributed by atoms with Gasteiger partial charge < -0.3 is 15.3 Å². The normalized spacial score (nSPS) is 26.0. The highest BCUT2D eigenvalue weighted by atomic mass is 16.3. The van der Waals surface area contributed by atoms with Crippen molar-refractivity contribution in [3.05, 3.63) is 58.9 Å². The molecule has 36 heavy (non-hydrogen) atoms. The SMILES string of the molecule is CC(=O)C1C(=O)C[C@H](C[C@H]2CC(=O)c3c(O)ccc(C(=O)Cc4ccccn4)c3C2)[C@](O)(CO)C1=O. The largest absolute Gasteiger partial charge is 0.507 e. The summed E-state index contributed by atoms with van der Waals surface area (Å²) in [6.45, 7) is 0.130. The third kappa shape index (κ3) is 4.52. The fraction of sp³-hybridized carbons (Fsp3) is 0.407. The minimum absolute atomic E-state index is 0.000755. The van der Waals surface area contributed by atoms with E-state index in [1.165, 1.54) is 12.1 Å². The van der Waals surface area contributed by atoms with Gasteiger partial charge in [-0.2, -0.15) is 0 Å². The number of hydrogen-bond acceptors (Lipinski definition) is 9. The third-order valence-corrected chi connectivity index (χ3v) is 7.30. The number of pyridine rings is 1. The van der Waals surface area contributed by atoms with Crippen LogP contribution in [0.2, 0.25) is 0 Å². The molecule has 4 atom stereocenters. The highest BCUT2D eigenvalue weighted by Crippen LogP contribution is 2.42. The van der Waals surface area contributed by atoms with E-state index in [0.29, 0.717) is 11.3 Å². The van der Waals surface area contributed by atoms with Crippen LogP contribution < -0.4 is 0 Å². The number of nitrogens with zero attached hydrogens (tertiary/aromatic N) is 1. The van der Waals surface area contributed by atoms with E-state index in [1.54, 1.807) is 24.4 Å². The molecule has 0 spiro atoms. The molecular weight excluding hydrogens is 466 g/mol. The molecule has 0 saturated heterocycles. The first-order chi connectivity index (χ1) is 17.1. The topological polar surface area (TPSA) is 159 Å². The summed E-state index contributed by atoms with van der Waals surface area (Å²) in [6, 6.07) is 7.97. The average molecular weight is 494 g/mol. The number of phenolic OH excluding ortho intramolecular Hbond substituents is 1. The van der Waals surface area contributed by atoms with Crippen molar-refractivity contribution in [2.24, 2.45) is 17.8 Å². The van der Waals surface area contributed by atoms with Gasteiger partial charge in [-0.1, -0.05) is 6.07 Å². The van der Waals surface area contributed by atoms with E-state index in [9.17, 15) is 39.3 Å². The molecule has 1 aromatic carbocycles. The summed E-state index contributed by atoms with van der Waals surface area (Å²) in [5.41, 5.74) is -1.02. The molecule has 1 aromatic heterocycles. The van der Waals surface area contributed by atoms with Gasteiger partial charge in [0.15, 0.2) is 23.1 Å². The van der Waals surface area contributed by atoms with Crippen molar-refractivity contribution in [2.75, 3.05) is 6.61 Å². The fourth-order valence-electron chi connectivity index (χ4n) is 5.50. The van der Waals surface area contributed by atoms with Gasteiger partial charge in [-0.3, -0.25) is 29.0 Å². The Morgan fingerprint density at radius 1 is 1.08 bits per heavy atom. The fourth-order valence-corrected chi connectivity index (χ4v) is 5.50. The lowest BCUT2D eigenvalue weighted by Gasteiger charge is -2.41. The van der Waals surface area contributed by atoms with Crippen molar-refractivity contribution in [2.45, 2.75) is 44.6 Å². The quantitative estimate of drug-likeness (QED) is 0.383. The number of aliphatic hydroxyl groups is 2. The van der Waals surface area contributed by atoms with Crippen LogP contribution in [0.5, 0.6) is 5.75 Å². The summed E-state index contributed by atoms with van der Waals surface area (Å²) >= 11 is 0. The Balaban J connectivity index is 1.62. The maximum atomic E-state index is 13.1. The van der Waals surface area contributed by atoms with E-state index in [-0.39, 0.29) is 54.8 Å². The van der Waals surface area contributed by atoms with Crippen molar-refractivity contribution < 1.29 is 39.3 Å². The minimum Gasteiger partial charge on any atom is -0.507 e. The summed E-state index contributed by atoms with van der Waals surface area (Å²) < 4.78 is 0. The highest BCUT2D eigenvalue weighted by molar-refractivity contribution is 6.22. The lowest BCUT2D eigenvalue weighted by Crippen LogP contribution is -2.59. The summed E-state index contributed by atoms with van der Waals surface area (Å²) in [7, 11) is 0. The van der Waals surface area contributed by atoms with Gasteiger partial charge in [-0.25, -0.2) is 0 Å². The van der Waals surface area contributed by atoms with Crippen molar-refractivity contribution in [3.63, 3.8) is 0 Å². The Kier molecular flexibility index (Phi) is 6.97. The van der Waals surface area contributed by atoms with Crippen molar-refractivity contribution in [1.82, 2.24) is 4.98 Å². The number of carbonyl (C=O) groups excluding carboxylic acids is 5. The lowest BCUT2D eigenvalue weighted by atomic mass is 9.64. The Bertz CT molecular complexity index is 1250. The second-order valence-corrected chi connectivity index (χ2v) is 9.70. The number of rotatable bonds is 7. The van der Waals surface area contributed by atoms with Crippen LogP contribution in [0.4, 0.5) is 0 Å².